The van der Waals surface area contributed by atoms with Crippen molar-refractivity contribution in [3.8, 4) is 6.07 Å². The smallest absolute Gasteiger partial charge is 0.239 e. The molecular weight excluding hydrogens is 280 g/mol. The van der Waals surface area contributed by atoms with E-state index in [-0.39, 0.29) is 24.5 Å². The third-order valence-corrected chi connectivity index (χ3v) is 3.98. The van der Waals surface area contributed by atoms with Gasteiger partial charge in [0.2, 0.25) is 5.91 Å². The summed E-state index contributed by atoms with van der Waals surface area (Å²) in [5.74, 6) is 0.578. The summed E-state index contributed by atoms with van der Waals surface area (Å²) in [5.41, 5.74) is 3.15. The summed E-state index contributed by atoms with van der Waals surface area (Å²) in [6.07, 6.45) is 4.15. The Hall–Kier alpha value is -2.20. The SMILES string of the molecule is CC[C@H](C)N(CC(=O)N1CCCC1C#N)Nc1cccnn1. The van der Waals surface area contributed by atoms with Gasteiger partial charge in [0.1, 0.15) is 6.04 Å². The predicted octanol–water partition coefficient (Wildman–Crippen LogP) is 1.42. The standard InChI is InChI=1S/C15H22N6O/c1-3-12(2)21(19-14-7-4-8-17-18-14)11-15(22)20-9-5-6-13(20)10-16/h4,7-8,12-13H,3,5-6,9,11H2,1-2H3,(H,18,19)/t12-,13?/m0/s1. The molecule has 1 aromatic heterocycles. The molecule has 0 bridgehead atoms. The molecule has 0 spiro atoms. The van der Waals surface area contributed by atoms with E-state index in [1.165, 1.54) is 0 Å². The number of nitrogens with one attached hydrogen (secondary N) is 1. The first-order valence-electron chi connectivity index (χ1n) is 7.65. The molecule has 22 heavy (non-hydrogen) atoms. The van der Waals surface area contributed by atoms with E-state index in [9.17, 15) is 4.79 Å². The Morgan fingerprint density at radius 3 is 3.14 bits per heavy atom. The molecular formula is C15H22N6O. The fourth-order valence-corrected chi connectivity index (χ4v) is 2.47. The molecule has 2 heterocycles. The van der Waals surface area contributed by atoms with Crippen molar-refractivity contribution in [1.82, 2.24) is 20.1 Å². The number of anilines is 1. The Bertz CT molecular complexity index is 529. The lowest BCUT2D eigenvalue weighted by atomic mass is 10.2. The molecule has 118 valence electrons. The normalized spacial score (nSPS) is 19.0. The molecule has 7 nitrogen and oxygen atoms in total. The summed E-state index contributed by atoms with van der Waals surface area (Å²) >= 11 is 0. The van der Waals surface area contributed by atoms with E-state index in [2.05, 4.69) is 28.6 Å². The molecule has 1 amide bonds. The van der Waals surface area contributed by atoms with Crippen LogP contribution in [0.1, 0.15) is 33.1 Å². The highest BCUT2D eigenvalue weighted by molar-refractivity contribution is 5.79. The van der Waals surface area contributed by atoms with Gasteiger partial charge < -0.3 is 10.3 Å². The lowest BCUT2D eigenvalue weighted by molar-refractivity contribution is -0.132. The van der Waals surface area contributed by atoms with Crippen LogP contribution in [0.3, 0.4) is 0 Å². The lowest BCUT2D eigenvalue weighted by Gasteiger charge is -2.30. The average Bonchev–Trinajstić information content (AvgIpc) is 3.03. The summed E-state index contributed by atoms with van der Waals surface area (Å²) in [6, 6.07) is 5.67. The molecule has 1 aliphatic rings. The maximum absolute atomic E-state index is 12.5. The number of aromatic nitrogens is 2. The zero-order valence-electron chi connectivity index (χ0n) is 13.1. The van der Waals surface area contributed by atoms with Crippen LogP contribution in [0.5, 0.6) is 0 Å². The minimum Gasteiger partial charge on any atom is -0.325 e. The Labute approximate surface area is 130 Å². The second kappa shape index (κ2) is 7.71. The second-order valence-electron chi connectivity index (χ2n) is 5.48. The summed E-state index contributed by atoms with van der Waals surface area (Å²) in [6.45, 7) is 4.98. The number of hydrogen-bond donors (Lipinski definition) is 1. The van der Waals surface area contributed by atoms with Crippen LogP contribution >= 0.6 is 0 Å². The number of nitrogens with zero attached hydrogens (tertiary/aromatic N) is 5. The minimum absolute atomic E-state index is 0.0271. The Morgan fingerprint density at radius 2 is 2.50 bits per heavy atom. The van der Waals surface area contributed by atoms with Crippen molar-refractivity contribution < 1.29 is 4.79 Å². The van der Waals surface area contributed by atoms with E-state index in [1.54, 1.807) is 23.2 Å². The second-order valence-corrected chi connectivity index (χ2v) is 5.48. The van der Waals surface area contributed by atoms with Crippen LogP contribution in [0.15, 0.2) is 18.3 Å². The first-order chi connectivity index (χ1) is 10.7. The molecule has 7 heteroatoms. The lowest BCUT2D eigenvalue weighted by Crippen LogP contribution is -2.47. The van der Waals surface area contributed by atoms with Crippen molar-refractivity contribution in [3.63, 3.8) is 0 Å². The fraction of sp³-hybridized carbons (Fsp3) is 0.600. The van der Waals surface area contributed by atoms with Crippen molar-refractivity contribution in [2.75, 3.05) is 18.5 Å². The number of likely N-dealkylation sites (tertiary alicyclic amines) is 1. The third kappa shape index (κ3) is 3.92. The molecule has 1 aliphatic heterocycles. The van der Waals surface area contributed by atoms with Crippen LogP contribution in [0, 0.1) is 11.3 Å². The van der Waals surface area contributed by atoms with Crippen LogP contribution in [0.2, 0.25) is 0 Å². The Balaban J connectivity index is 2.03. The van der Waals surface area contributed by atoms with E-state index in [1.807, 2.05) is 11.9 Å². The maximum atomic E-state index is 12.5. The van der Waals surface area contributed by atoms with Crippen LogP contribution in [-0.4, -0.2) is 51.2 Å². The number of hydrazine groups is 1. The molecule has 0 radical (unpaired) electrons. The minimum atomic E-state index is -0.289. The molecule has 0 aliphatic carbocycles. The molecule has 1 fully saturated rings. The van der Waals surface area contributed by atoms with Crippen molar-refractivity contribution in [3.05, 3.63) is 18.3 Å². The quantitative estimate of drug-likeness (QED) is 0.800. The number of carbonyl (C=O) groups excluding carboxylic acids is 1. The molecule has 1 N–H and O–H groups in total. The number of hydrogen-bond acceptors (Lipinski definition) is 6. The molecule has 1 saturated heterocycles. The van der Waals surface area contributed by atoms with Crippen molar-refractivity contribution in [2.24, 2.45) is 0 Å². The zero-order chi connectivity index (χ0) is 15.9. The topological polar surface area (TPSA) is 85.2 Å². The Kier molecular flexibility index (Phi) is 5.67. The number of rotatable bonds is 6. The van der Waals surface area contributed by atoms with E-state index >= 15 is 0 Å². The molecule has 1 unspecified atom stereocenters. The van der Waals surface area contributed by atoms with Gasteiger partial charge in [0.25, 0.3) is 0 Å². The van der Waals surface area contributed by atoms with Crippen LogP contribution in [0.25, 0.3) is 0 Å². The highest BCUT2D eigenvalue weighted by atomic mass is 16.2. The number of carbonyl (C=O) groups is 1. The van der Waals surface area contributed by atoms with Crippen molar-refractivity contribution in [2.45, 2.75) is 45.2 Å². The summed E-state index contributed by atoms with van der Waals surface area (Å²) < 4.78 is 0. The Morgan fingerprint density at radius 1 is 1.68 bits per heavy atom. The van der Waals surface area contributed by atoms with E-state index in [0.29, 0.717) is 12.4 Å². The molecule has 2 atom stereocenters. The van der Waals surface area contributed by atoms with Crippen LogP contribution < -0.4 is 5.43 Å². The third-order valence-electron chi connectivity index (χ3n) is 3.98. The number of nitriles is 1. The summed E-state index contributed by atoms with van der Waals surface area (Å²) in [4.78, 5) is 14.2. The first-order valence-corrected chi connectivity index (χ1v) is 7.65. The van der Waals surface area contributed by atoms with Gasteiger partial charge in [-0.1, -0.05) is 6.92 Å². The van der Waals surface area contributed by atoms with Crippen LogP contribution in [-0.2, 0) is 4.79 Å². The van der Waals surface area contributed by atoms with Gasteiger partial charge in [-0.3, -0.25) is 4.79 Å². The van der Waals surface area contributed by atoms with E-state index in [0.717, 1.165) is 19.3 Å². The molecule has 0 aromatic carbocycles. The van der Waals surface area contributed by atoms with Crippen LogP contribution in [0.4, 0.5) is 5.82 Å². The van der Waals surface area contributed by atoms with Gasteiger partial charge in [-0.15, -0.1) is 5.10 Å². The maximum Gasteiger partial charge on any atom is 0.239 e. The zero-order valence-corrected chi connectivity index (χ0v) is 13.1. The van der Waals surface area contributed by atoms with E-state index in [4.69, 9.17) is 5.26 Å². The molecule has 1 aromatic rings. The van der Waals surface area contributed by atoms with Gasteiger partial charge in [0, 0.05) is 18.8 Å². The largest absolute Gasteiger partial charge is 0.325 e. The number of amides is 1. The highest BCUT2D eigenvalue weighted by Crippen LogP contribution is 2.17. The van der Waals surface area contributed by atoms with Gasteiger partial charge in [-0.2, -0.15) is 10.4 Å². The molecule has 0 saturated carbocycles. The van der Waals surface area contributed by atoms with Gasteiger partial charge in [-0.25, -0.2) is 5.01 Å². The van der Waals surface area contributed by atoms with Crippen molar-refractivity contribution in [1.29, 1.82) is 5.26 Å². The monoisotopic (exact) mass is 302 g/mol. The van der Waals surface area contributed by atoms with Gasteiger partial charge in [0.05, 0.1) is 12.6 Å². The summed E-state index contributed by atoms with van der Waals surface area (Å²) in [7, 11) is 0. The van der Waals surface area contributed by atoms with Gasteiger partial charge >= 0.3 is 0 Å². The summed E-state index contributed by atoms with van der Waals surface area (Å²) in [5, 5.41) is 18.8. The first kappa shape index (κ1) is 16.2. The van der Waals surface area contributed by atoms with Gasteiger partial charge in [0.15, 0.2) is 5.82 Å². The predicted molar refractivity (Wildman–Crippen MR) is 82.5 cm³/mol. The highest BCUT2D eigenvalue weighted by Gasteiger charge is 2.30. The fourth-order valence-electron chi connectivity index (χ4n) is 2.47. The van der Waals surface area contributed by atoms with E-state index < -0.39 is 0 Å². The average molecular weight is 302 g/mol. The van der Waals surface area contributed by atoms with Gasteiger partial charge in [-0.05, 0) is 38.3 Å². The van der Waals surface area contributed by atoms with Crippen molar-refractivity contribution >= 4 is 11.7 Å². The molecule has 2 rings (SSSR count).